The highest BCUT2D eigenvalue weighted by Gasteiger charge is 2.05. The maximum absolute atomic E-state index is 11.2. The predicted molar refractivity (Wildman–Crippen MR) is 52.8 cm³/mol. The van der Waals surface area contributed by atoms with Crippen molar-refractivity contribution in [1.29, 1.82) is 0 Å². The molecule has 0 atom stereocenters. The molecular weight excluding hydrogens is 180 g/mol. The highest BCUT2D eigenvalue weighted by Crippen LogP contribution is 2.04. The Bertz CT molecular complexity index is 262. The lowest BCUT2D eigenvalue weighted by atomic mass is 10.2. The topological polar surface area (TPSA) is 39.4 Å². The van der Waals surface area contributed by atoms with E-state index >= 15 is 0 Å². The highest BCUT2D eigenvalue weighted by atomic mass is 16.5. The number of ether oxygens (including phenoxy) is 1. The first-order valence-corrected chi connectivity index (χ1v) is 4.86. The van der Waals surface area contributed by atoms with Gasteiger partial charge in [0.1, 0.15) is 5.76 Å². The van der Waals surface area contributed by atoms with Gasteiger partial charge in [0.15, 0.2) is 0 Å². The van der Waals surface area contributed by atoms with Crippen LogP contribution < -0.4 is 0 Å². The number of carbonyl (C=O) groups is 1. The minimum atomic E-state index is -0.157. The van der Waals surface area contributed by atoms with E-state index < -0.39 is 0 Å². The van der Waals surface area contributed by atoms with Gasteiger partial charge in [-0.15, -0.1) is 0 Å². The molecule has 0 N–H and O–H groups in total. The van der Waals surface area contributed by atoms with Gasteiger partial charge in [-0.25, -0.2) is 0 Å². The van der Waals surface area contributed by atoms with Crippen LogP contribution >= 0.6 is 0 Å². The molecule has 3 nitrogen and oxygen atoms in total. The lowest BCUT2D eigenvalue weighted by molar-refractivity contribution is -0.144. The smallest absolute Gasteiger partial charge is 0.306 e. The molecule has 1 rings (SSSR count). The third-order valence-electron chi connectivity index (χ3n) is 1.73. The van der Waals surface area contributed by atoms with Crippen LogP contribution in [-0.4, -0.2) is 12.6 Å². The molecule has 0 spiro atoms. The van der Waals surface area contributed by atoms with Crippen molar-refractivity contribution < 1.29 is 13.9 Å². The molecule has 0 aliphatic rings. The largest absolute Gasteiger partial charge is 0.469 e. The molecule has 0 unspecified atom stereocenters. The molecule has 0 saturated heterocycles. The van der Waals surface area contributed by atoms with Gasteiger partial charge in [-0.3, -0.25) is 4.79 Å². The fourth-order valence-corrected chi connectivity index (χ4v) is 1.01. The van der Waals surface area contributed by atoms with Crippen molar-refractivity contribution in [3.63, 3.8) is 0 Å². The molecule has 0 aromatic carbocycles. The summed E-state index contributed by atoms with van der Waals surface area (Å²) in [5.74, 6) is 1.06. The molecule has 0 bridgehead atoms. The van der Waals surface area contributed by atoms with E-state index in [1.807, 2.05) is 26.0 Å². The molecule has 78 valence electrons. The third kappa shape index (κ3) is 4.12. The van der Waals surface area contributed by atoms with Gasteiger partial charge in [-0.2, -0.15) is 0 Å². The quantitative estimate of drug-likeness (QED) is 0.679. The Morgan fingerprint density at radius 1 is 1.57 bits per heavy atom. The SMILES string of the molecule is CC(C)COC(=O)CCc1ccco1. The third-order valence-corrected chi connectivity index (χ3v) is 1.73. The summed E-state index contributed by atoms with van der Waals surface area (Å²) in [5.41, 5.74) is 0. The van der Waals surface area contributed by atoms with Gasteiger partial charge in [-0.1, -0.05) is 13.8 Å². The summed E-state index contributed by atoms with van der Waals surface area (Å²) in [7, 11) is 0. The van der Waals surface area contributed by atoms with Crippen molar-refractivity contribution in [2.75, 3.05) is 6.61 Å². The van der Waals surface area contributed by atoms with Gasteiger partial charge in [-0.05, 0) is 18.1 Å². The summed E-state index contributed by atoms with van der Waals surface area (Å²) in [6, 6.07) is 3.67. The van der Waals surface area contributed by atoms with E-state index in [0.717, 1.165) is 5.76 Å². The van der Waals surface area contributed by atoms with E-state index in [0.29, 0.717) is 25.4 Å². The average Bonchev–Trinajstić information content (AvgIpc) is 2.63. The Hall–Kier alpha value is -1.25. The van der Waals surface area contributed by atoms with Crippen molar-refractivity contribution >= 4 is 5.97 Å². The molecule has 0 aliphatic carbocycles. The van der Waals surface area contributed by atoms with Crippen LogP contribution in [0.15, 0.2) is 22.8 Å². The summed E-state index contributed by atoms with van der Waals surface area (Å²) in [5, 5.41) is 0. The molecule has 0 fully saturated rings. The Labute approximate surface area is 84.1 Å². The zero-order valence-corrected chi connectivity index (χ0v) is 8.66. The lowest BCUT2D eigenvalue weighted by Crippen LogP contribution is -2.10. The standard InChI is InChI=1S/C11H16O3/c1-9(2)8-14-11(12)6-5-10-4-3-7-13-10/h3-4,7,9H,5-6,8H2,1-2H3. The number of hydrogen-bond acceptors (Lipinski definition) is 3. The second-order valence-electron chi connectivity index (χ2n) is 3.66. The summed E-state index contributed by atoms with van der Waals surface area (Å²) in [6.45, 7) is 4.52. The lowest BCUT2D eigenvalue weighted by Gasteiger charge is -2.05. The van der Waals surface area contributed by atoms with E-state index in [1.165, 1.54) is 0 Å². The number of rotatable bonds is 5. The molecule has 0 saturated carbocycles. The van der Waals surface area contributed by atoms with Crippen molar-refractivity contribution in [1.82, 2.24) is 0 Å². The zero-order valence-electron chi connectivity index (χ0n) is 8.66. The summed E-state index contributed by atoms with van der Waals surface area (Å²) in [6.07, 6.45) is 2.61. The van der Waals surface area contributed by atoms with E-state index in [-0.39, 0.29) is 5.97 Å². The van der Waals surface area contributed by atoms with Crippen LogP contribution in [0.4, 0.5) is 0 Å². The molecular formula is C11H16O3. The minimum absolute atomic E-state index is 0.157. The van der Waals surface area contributed by atoms with Crippen LogP contribution in [0.25, 0.3) is 0 Å². The van der Waals surface area contributed by atoms with Gasteiger partial charge < -0.3 is 9.15 Å². The fraction of sp³-hybridized carbons (Fsp3) is 0.545. The summed E-state index contributed by atoms with van der Waals surface area (Å²) >= 11 is 0. The van der Waals surface area contributed by atoms with E-state index in [4.69, 9.17) is 9.15 Å². The van der Waals surface area contributed by atoms with Crippen molar-refractivity contribution in [2.45, 2.75) is 26.7 Å². The number of esters is 1. The maximum atomic E-state index is 11.2. The van der Waals surface area contributed by atoms with Crippen molar-refractivity contribution in [3.8, 4) is 0 Å². The van der Waals surface area contributed by atoms with Crippen LogP contribution in [0.5, 0.6) is 0 Å². The Balaban J connectivity index is 2.15. The van der Waals surface area contributed by atoms with Crippen LogP contribution in [-0.2, 0) is 16.0 Å². The van der Waals surface area contributed by atoms with Crippen LogP contribution in [0.3, 0.4) is 0 Å². The average molecular weight is 196 g/mol. The van der Waals surface area contributed by atoms with E-state index in [1.54, 1.807) is 6.26 Å². The molecule has 1 aromatic rings. The first-order chi connectivity index (χ1) is 6.68. The van der Waals surface area contributed by atoms with Crippen molar-refractivity contribution in [2.24, 2.45) is 5.92 Å². The normalized spacial score (nSPS) is 10.5. The van der Waals surface area contributed by atoms with E-state index in [9.17, 15) is 4.79 Å². The Morgan fingerprint density at radius 2 is 2.36 bits per heavy atom. The monoisotopic (exact) mass is 196 g/mol. The van der Waals surface area contributed by atoms with Crippen LogP contribution in [0.2, 0.25) is 0 Å². The molecule has 1 aromatic heterocycles. The molecule has 14 heavy (non-hydrogen) atoms. The summed E-state index contributed by atoms with van der Waals surface area (Å²) in [4.78, 5) is 11.2. The number of furan rings is 1. The molecule has 0 aliphatic heterocycles. The second kappa shape index (κ2) is 5.47. The zero-order chi connectivity index (χ0) is 10.4. The minimum Gasteiger partial charge on any atom is -0.469 e. The van der Waals surface area contributed by atoms with E-state index in [2.05, 4.69) is 0 Å². The van der Waals surface area contributed by atoms with Gasteiger partial charge in [0.25, 0.3) is 0 Å². The molecule has 0 amide bonds. The number of carbonyl (C=O) groups excluding carboxylic acids is 1. The van der Waals surface area contributed by atoms with Gasteiger partial charge in [0, 0.05) is 6.42 Å². The maximum Gasteiger partial charge on any atom is 0.306 e. The fourth-order valence-electron chi connectivity index (χ4n) is 1.01. The van der Waals surface area contributed by atoms with Gasteiger partial charge >= 0.3 is 5.97 Å². The van der Waals surface area contributed by atoms with Crippen LogP contribution in [0.1, 0.15) is 26.0 Å². The van der Waals surface area contributed by atoms with Crippen LogP contribution in [0, 0.1) is 5.92 Å². The predicted octanol–water partition coefficient (Wildman–Crippen LogP) is 2.41. The first-order valence-electron chi connectivity index (χ1n) is 4.86. The molecule has 1 heterocycles. The highest BCUT2D eigenvalue weighted by molar-refractivity contribution is 5.69. The molecule has 0 radical (unpaired) electrons. The van der Waals surface area contributed by atoms with Gasteiger partial charge in [0.05, 0.1) is 19.3 Å². The number of hydrogen-bond donors (Lipinski definition) is 0. The van der Waals surface area contributed by atoms with Crippen molar-refractivity contribution in [3.05, 3.63) is 24.2 Å². The Morgan fingerprint density at radius 3 is 2.93 bits per heavy atom. The first kappa shape index (κ1) is 10.8. The Kier molecular flexibility index (Phi) is 4.23. The molecule has 3 heteroatoms. The van der Waals surface area contributed by atoms with Gasteiger partial charge in [0.2, 0.25) is 0 Å². The summed E-state index contributed by atoms with van der Waals surface area (Å²) < 4.78 is 10.1. The second-order valence-corrected chi connectivity index (χ2v) is 3.66. The number of aryl methyl sites for hydroxylation is 1.